The fourth-order valence-corrected chi connectivity index (χ4v) is 2.34. The minimum absolute atomic E-state index is 0.445. The summed E-state index contributed by atoms with van der Waals surface area (Å²) in [6.45, 7) is 5.10. The summed E-state index contributed by atoms with van der Waals surface area (Å²) in [6.07, 6.45) is 2.14. The smallest absolute Gasteiger partial charge is 0.124 e. The second-order valence-corrected chi connectivity index (χ2v) is 5.17. The van der Waals surface area contributed by atoms with Gasteiger partial charge in [0.1, 0.15) is 5.75 Å². The Labute approximate surface area is 110 Å². The van der Waals surface area contributed by atoms with E-state index in [0.29, 0.717) is 6.04 Å². The van der Waals surface area contributed by atoms with Crippen molar-refractivity contribution in [1.29, 1.82) is 0 Å². The van der Waals surface area contributed by atoms with Gasteiger partial charge in [-0.05, 0) is 32.1 Å². The lowest BCUT2D eigenvalue weighted by Crippen LogP contribution is -2.32. The summed E-state index contributed by atoms with van der Waals surface area (Å²) >= 11 is 0. The van der Waals surface area contributed by atoms with Crippen molar-refractivity contribution >= 4 is 0 Å². The normalized spacial score (nSPS) is 18.6. The highest BCUT2D eigenvalue weighted by Gasteiger charge is 2.20. The van der Waals surface area contributed by atoms with Gasteiger partial charge in [0.2, 0.25) is 0 Å². The van der Waals surface area contributed by atoms with Gasteiger partial charge in [0, 0.05) is 31.1 Å². The minimum atomic E-state index is 0.445. The van der Waals surface area contributed by atoms with Gasteiger partial charge < -0.3 is 15.0 Å². The van der Waals surface area contributed by atoms with E-state index < -0.39 is 0 Å². The van der Waals surface area contributed by atoms with Gasteiger partial charge in [0.15, 0.2) is 0 Å². The summed E-state index contributed by atoms with van der Waals surface area (Å²) in [5, 5.41) is 3.64. The Kier molecular flexibility index (Phi) is 4.61. The summed E-state index contributed by atoms with van der Waals surface area (Å²) in [7, 11) is 4.21. The lowest BCUT2D eigenvalue weighted by molar-refractivity contribution is 0.249. The SMILES string of the molecule is CCc1ccc2c(c1)C(NCCN(C)C)CCO2. The second-order valence-electron chi connectivity index (χ2n) is 5.17. The van der Waals surface area contributed by atoms with E-state index in [1.807, 2.05) is 0 Å². The number of likely N-dealkylation sites (N-methyl/N-ethyl adjacent to an activating group) is 1. The molecule has 0 bridgehead atoms. The van der Waals surface area contributed by atoms with E-state index in [-0.39, 0.29) is 0 Å². The summed E-state index contributed by atoms with van der Waals surface area (Å²) in [4.78, 5) is 2.20. The fraction of sp³-hybridized carbons (Fsp3) is 0.600. The van der Waals surface area contributed by atoms with Gasteiger partial charge in [-0.2, -0.15) is 0 Å². The van der Waals surface area contributed by atoms with Crippen molar-refractivity contribution < 1.29 is 4.74 Å². The van der Waals surface area contributed by atoms with Crippen LogP contribution < -0.4 is 10.1 Å². The zero-order chi connectivity index (χ0) is 13.0. The molecule has 0 saturated carbocycles. The molecule has 1 aliphatic heterocycles. The van der Waals surface area contributed by atoms with Crippen LogP contribution in [0.1, 0.15) is 30.5 Å². The number of nitrogens with zero attached hydrogens (tertiary/aromatic N) is 1. The standard InChI is InChI=1S/C15H24N2O/c1-4-12-5-6-15-13(11-12)14(7-10-18-15)16-8-9-17(2)3/h5-6,11,14,16H,4,7-10H2,1-3H3. The molecule has 1 unspecified atom stereocenters. The third kappa shape index (κ3) is 3.24. The molecule has 0 amide bonds. The predicted octanol–water partition coefficient (Wildman–Crippen LogP) is 2.22. The second kappa shape index (κ2) is 6.21. The predicted molar refractivity (Wildman–Crippen MR) is 75.2 cm³/mol. The van der Waals surface area contributed by atoms with Crippen LogP contribution in [0.15, 0.2) is 18.2 Å². The molecule has 0 fully saturated rings. The zero-order valence-electron chi connectivity index (χ0n) is 11.7. The van der Waals surface area contributed by atoms with Gasteiger partial charge in [0.05, 0.1) is 6.61 Å². The first-order valence-electron chi connectivity index (χ1n) is 6.84. The number of ether oxygens (including phenoxy) is 1. The maximum Gasteiger partial charge on any atom is 0.124 e. The molecule has 1 atom stereocenters. The Balaban J connectivity index is 2.06. The number of hydrogen-bond donors (Lipinski definition) is 1. The highest BCUT2D eigenvalue weighted by Crippen LogP contribution is 2.32. The summed E-state index contributed by atoms with van der Waals surface area (Å²) in [5.74, 6) is 1.06. The summed E-state index contributed by atoms with van der Waals surface area (Å²) < 4.78 is 5.73. The van der Waals surface area contributed by atoms with Gasteiger partial charge in [-0.15, -0.1) is 0 Å². The Bertz CT molecular complexity index is 390. The molecule has 1 aromatic carbocycles. The van der Waals surface area contributed by atoms with Crippen molar-refractivity contribution in [3.63, 3.8) is 0 Å². The van der Waals surface area contributed by atoms with E-state index in [1.165, 1.54) is 11.1 Å². The van der Waals surface area contributed by atoms with Gasteiger partial charge in [-0.25, -0.2) is 0 Å². The van der Waals surface area contributed by atoms with Crippen molar-refractivity contribution in [2.24, 2.45) is 0 Å². The highest BCUT2D eigenvalue weighted by atomic mass is 16.5. The monoisotopic (exact) mass is 248 g/mol. The molecule has 2 rings (SSSR count). The molecule has 1 heterocycles. The lowest BCUT2D eigenvalue weighted by Gasteiger charge is -2.28. The highest BCUT2D eigenvalue weighted by molar-refractivity contribution is 5.40. The molecule has 0 spiro atoms. The third-order valence-electron chi connectivity index (χ3n) is 3.47. The van der Waals surface area contributed by atoms with Crippen molar-refractivity contribution in [3.8, 4) is 5.75 Å². The van der Waals surface area contributed by atoms with E-state index in [4.69, 9.17) is 4.74 Å². The van der Waals surface area contributed by atoms with Crippen molar-refractivity contribution in [3.05, 3.63) is 29.3 Å². The minimum Gasteiger partial charge on any atom is -0.493 e. The molecule has 3 nitrogen and oxygen atoms in total. The fourth-order valence-electron chi connectivity index (χ4n) is 2.34. The number of fused-ring (bicyclic) bond motifs is 1. The summed E-state index contributed by atoms with van der Waals surface area (Å²) in [6, 6.07) is 7.02. The molecule has 1 aromatic rings. The molecule has 1 aliphatic rings. The molecule has 3 heteroatoms. The zero-order valence-corrected chi connectivity index (χ0v) is 11.7. The molecule has 0 aliphatic carbocycles. The number of benzene rings is 1. The number of rotatable bonds is 5. The largest absolute Gasteiger partial charge is 0.493 e. The number of aryl methyl sites for hydroxylation is 1. The van der Waals surface area contributed by atoms with Gasteiger partial charge in [-0.1, -0.05) is 19.1 Å². The van der Waals surface area contributed by atoms with Crippen molar-refractivity contribution in [2.75, 3.05) is 33.8 Å². The first-order chi connectivity index (χ1) is 8.70. The van der Waals surface area contributed by atoms with E-state index in [2.05, 4.69) is 49.4 Å². The number of nitrogens with one attached hydrogen (secondary N) is 1. The van der Waals surface area contributed by atoms with Crippen LogP contribution >= 0.6 is 0 Å². The van der Waals surface area contributed by atoms with Crippen LogP contribution in [-0.4, -0.2) is 38.7 Å². The summed E-state index contributed by atoms with van der Waals surface area (Å²) in [5.41, 5.74) is 2.72. The average Bonchev–Trinajstić information content (AvgIpc) is 2.38. The van der Waals surface area contributed by atoms with E-state index in [9.17, 15) is 0 Å². The van der Waals surface area contributed by atoms with Crippen LogP contribution in [0.4, 0.5) is 0 Å². The van der Waals surface area contributed by atoms with Gasteiger partial charge in [0.25, 0.3) is 0 Å². The van der Waals surface area contributed by atoms with E-state index in [0.717, 1.165) is 38.3 Å². The first kappa shape index (κ1) is 13.4. The van der Waals surface area contributed by atoms with Gasteiger partial charge in [-0.3, -0.25) is 0 Å². The van der Waals surface area contributed by atoms with Crippen molar-refractivity contribution in [1.82, 2.24) is 10.2 Å². The third-order valence-corrected chi connectivity index (χ3v) is 3.47. The lowest BCUT2D eigenvalue weighted by atomic mass is 9.97. The van der Waals surface area contributed by atoms with Crippen LogP contribution in [0.2, 0.25) is 0 Å². The molecule has 0 radical (unpaired) electrons. The topological polar surface area (TPSA) is 24.5 Å². The Morgan fingerprint density at radius 2 is 2.22 bits per heavy atom. The van der Waals surface area contributed by atoms with E-state index in [1.54, 1.807) is 0 Å². The van der Waals surface area contributed by atoms with Crippen LogP contribution in [0.25, 0.3) is 0 Å². The Morgan fingerprint density at radius 1 is 1.39 bits per heavy atom. The van der Waals surface area contributed by atoms with Crippen molar-refractivity contribution in [2.45, 2.75) is 25.8 Å². The Hall–Kier alpha value is -1.06. The molecular weight excluding hydrogens is 224 g/mol. The van der Waals surface area contributed by atoms with Crippen LogP contribution in [0, 0.1) is 0 Å². The van der Waals surface area contributed by atoms with Crippen LogP contribution in [0.5, 0.6) is 5.75 Å². The number of hydrogen-bond acceptors (Lipinski definition) is 3. The quantitative estimate of drug-likeness (QED) is 0.865. The van der Waals surface area contributed by atoms with E-state index >= 15 is 0 Å². The first-order valence-corrected chi connectivity index (χ1v) is 6.84. The molecule has 100 valence electrons. The van der Waals surface area contributed by atoms with Crippen LogP contribution in [-0.2, 0) is 6.42 Å². The molecule has 1 N–H and O–H groups in total. The average molecular weight is 248 g/mol. The maximum absolute atomic E-state index is 5.73. The van der Waals surface area contributed by atoms with Gasteiger partial charge >= 0.3 is 0 Å². The van der Waals surface area contributed by atoms with Crippen LogP contribution in [0.3, 0.4) is 0 Å². The molecule has 18 heavy (non-hydrogen) atoms. The molecule has 0 aromatic heterocycles. The molecular formula is C15H24N2O. The Morgan fingerprint density at radius 3 is 2.94 bits per heavy atom. The molecule has 0 saturated heterocycles. The maximum atomic E-state index is 5.73.